The lowest BCUT2D eigenvalue weighted by atomic mass is 10.1. The Morgan fingerprint density at radius 1 is 1.22 bits per heavy atom. The SMILES string of the molecule is Cc1cc([C@@H](C)NC(=O)c2cccc(CN3CCS(=O)(=O)CC3)c2)c(C)s1. The van der Waals surface area contributed by atoms with Gasteiger partial charge in [-0.3, -0.25) is 9.69 Å². The number of nitrogens with one attached hydrogen (secondary N) is 1. The van der Waals surface area contributed by atoms with E-state index in [1.807, 2.05) is 31.2 Å². The van der Waals surface area contributed by atoms with Crippen molar-refractivity contribution in [1.29, 1.82) is 0 Å². The van der Waals surface area contributed by atoms with Gasteiger partial charge in [-0.05, 0) is 50.1 Å². The van der Waals surface area contributed by atoms with E-state index < -0.39 is 9.84 Å². The summed E-state index contributed by atoms with van der Waals surface area (Å²) in [5, 5.41) is 3.08. The molecule has 5 nitrogen and oxygen atoms in total. The van der Waals surface area contributed by atoms with E-state index in [0.717, 1.165) is 11.1 Å². The Kier molecular flexibility index (Phi) is 6.03. The summed E-state index contributed by atoms with van der Waals surface area (Å²) < 4.78 is 23.1. The number of sulfone groups is 1. The number of hydrogen-bond acceptors (Lipinski definition) is 5. The standard InChI is InChI=1S/C20H26N2O3S2/c1-14-11-19(16(3)26-14)15(2)21-20(23)18-6-4-5-17(12-18)13-22-7-9-27(24,25)10-8-22/h4-6,11-12,15H,7-10,13H2,1-3H3,(H,21,23)/t15-/m1/s1. The fourth-order valence-electron chi connectivity index (χ4n) is 3.42. The van der Waals surface area contributed by atoms with Crippen LogP contribution in [-0.4, -0.2) is 43.8 Å². The normalized spacial score (nSPS) is 18.2. The van der Waals surface area contributed by atoms with Gasteiger partial charge in [0.05, 0.1) is 17.5 Å². The molecule has 1 fully saturated rings. The maximum atomic E-state index is 12.7. The van der Waals surface area contributed by atoms with Crippen molar-refractivity contribution in [3.63, 3.8) is 0 Å². The van der Waals surface area contributed by atoms with E-state index in [1.54, 1.807) is 11.3 Å². The van der Waals surface area contributed by atoms with Crippen molar-refractivity contribution in [3.05, 3.63) is 56.8 Å². The fraction of sp³-hybridized carbons (Fsp3) is 0.450. The number of carbonyl (C=O) groups is 1. The summed E-state index contributed by atoms with van der Waals surface area (Å²) in [7, 11) is -2.88. The molecule has 1 aromatic carbocycles. The second-order valence-electron chi connectivity index (χ2n) is 7.19. The number of benzene rings is 1. The van der Waals surface area contributed by atoms with Gasteiger partial charge in [-0.15, -0.1) is 11.3 Å². The van der Waals surface area contributed by atoms with Crippen LogP contribution >= 0.6 is 11.3 Å². The Hall–Kier alpha value is -1.70. The van der Waals surface area contributed by atoms with E-state index in [9.17, 15) is 13.2 Å². The van der Waals surface area contributed by atoms with E-state index in [4.69, 9.17) is 0 Å². The molecule has 1 atom stereocenters. The highest BCUT2D eigenvalue weighted by Crippen LogP contribution is 2.26. The van der Waals surface area contributed by atoms with Crippen molar-refractivity contribution in [2.24, 2.45) is 0 Å². The van der Waals surface area contributed by atoms with Crippen LogP contribution in [0.4, 0.5) is 0 Å². The van der Waals surface area contributed by atoms with Gasteiger partial charge in [0.2, 0.25) is 0 Å². The average Bonchev–Trinajstić information content (AvgIpc) is 2.95. The van der Waals surface area contributed by atoms with E-state index in [0.29, 0.717) is 25.2 Å². The predicted molar refractivity (Wildman–Crippen MR) is 110 cm³/mol. The molecule has 146 valence electrons. The molecule has 0 radical (unpaired) electrons. The number of aryl methyl sites for hydroxylation is 2. The van der Waals surface area contributed by atoms with Crippen LogP contribution in [0.2, 0.25) is 0 Å². The predicted octanol–water partition coefficient (Wildman–Crippen LogP) is 3.09. The minimum absolute atomic E-state index is 0.0431. The topological polar surface area (TPSA) is 66.5 Å². The summed E-state index contributed by atoms with van der Waals surface area (Å²) in [6.45, 7) is 7.92. The summed E-state index contributed by atoms with van der Waals surface area (Å²) in [4.78, 5) is 17.3. The van der Waals surface area contributed by atoms with Gasteiger partial charge < -0.3 is 5.32 Å². The minimum atomic E-state index is -2.88. The first-order valence-corrected chi connectivity index (χ1v) is 11.8. The Balaban J connectivity index is 1.64. The largest absolute Gasteiger partial charge is 0.345 e. The molecule has 1 aliphatic rings. The van der Waals surface area contributed by atoms with Gasteiger partial charge in [-0.1, -0.05) is 12.1 Å². The number of carbonyl (C=O) groups excluding carboxylic acids is 1. The van der Waals surface area contributed by atoms with Crippen molar-refractivity contribution < 1.29 is 13.2 Å². The molecule has 0 unspecified atom stereocenters. The van der Waals surface area contributed by atoms with Gasteiger partial charge in [0.25, 0.3) is 5.91 Å². The monoisotopic (exact) mass is 406 g/mol. The lowest BCUT2D eigenvalue weighted by molar-refractivity contribution is 0.0939. The van der Waals surface area contributed by atoms with E-state index in [1.165, 1.54) is 9.75 Å². The maximum Gasteiger partial charge on any atom is 0.251 e. The van der Waals surface area contributed by atoms with Gasteiger partial charge >= 0.3 is 0 Å². The third kappa shape index (κ3) is 5.18. The average molecular weight is 407 g/mol. The zero-order chi connectivity index (χ0) is 19.6. The van der Waals surface area contributed by atoms with Gasteiger partial charge in [-0.25, -0.2) is 8.42 Å². The van der Waals surface area contributed by atoms with Crippen LogP contribution in [0.15, 0.2) is 30.3 Å². The van der Waals surface area contributed by atoms with Crippen LogP contribution < -0.4 is 5.32 Å². The molecule has 0 bridgehead atoms. The first kappa shape index (κ1) is 20.0. The van der Waals surface area contributed by atoms with Gasteiger partial charge in [-0.2, -0.15) is 0 Å². The molecule has 2 heterocycles. The second kappa shape index (κ2) is 8.12. The molecule has 1 amide bonds. The third-order valence-corrected chi connectivity index (χ3v) is 7.52. The molecule has 0 spiro atoms. The molecular formula is C20H26N2O3S2. The zero-order valence-corrected chi connectivity index (χ0v) is 17.6. The first-order valence-electron chi connectivity index (χ1n) is 9.13. The van der Waals surface area contributed by atoms with Crippen LogP contribution in [-0.2, 0) is 16.4 Å². The number of thiophene rings is 1. The molecule has 1 aromatic heterocycles. The lowest BCUT2D eigenvalue weighted by Crippen LogP contribution is -2.39. The molecule has 7 heteroatoms. The van der Waals surface area contributed by atoms with Crippen molar-refractivity contribution in [2.45, 2.75) is 33.4 Å². The molecular weight excluding hydrogens is 380 g/mol. The lowest BCUT2D eigenvalue weighted by Gasteiger charge is -2.26. The van der Waals surface area contributed by atoms with Crippen LogP contribution in [0.3, 0.4) is 0 Å². The highest BCUT2D eigenvalue weighted by molar-refractivity contribution is 7.91. The minimum Gasteiger partial charge on any atom is -0.345 e. The van der Waals surface area contributed by atoms with Crippen molar-refractivity contribution in [3.8, 4) is 0 Å². The number of nitrogens with zero attached hydrogens (tertiary/aromatic N) is 1. The molecule has 3 rings (SSSR count). The number of amides is 1. The molecule has 27 heavy (non-hydrogen) atoms. The van der Waals surface area contributed by atoms with Crippen LogP contribution in [0.5, 0.6) is 0 Å². The summed E-state index contributed by atoms with van der Waals surface area (Å²) in [5.41, 5.74) is 2.82. The van der Waals surface area contributed by atoms with E-state index >= 15 is 0 Å². The zero-order valence-electron chi connectivity index (χ0n) is 16.0. The Morgan fingerprint density at radius 3 is 2.56 bits per heavy atom. The Morgan fingerprint density at radius 2 is 1.93 bits per heavy atom. The van der Waals surface area contributed by atoms with Crippen LogP contribution in [0.25, 0.3) is 0 Å². The van der Waals surface area contributed by atoms with Crippen molar-refractivity contribution in [2.75, 3.05) is 24.6 Å². The highest BCUT2D eigenvalue weighted by Gasteiger charge is 2.22. The summed E-state index contributed by atoms with van der Waals surface area (Å²) in [5.74, 6) is 0.336. The highest BCUT2D eigenvalue weighted by atomic mass is 32.2. The third-order valence-electron chi connectivity index (χ3n) is 4.93. The quantitative estimate of drug-likeness (QED) is 0.829. The molecule has 1 N–H and O–H groups in total. The smallest absolute Gasteiger partial charge is 0.251 e. The van der Waals surface area contributed by atoms with Crippen LogP contribution in [0, 0.1) is 13.8 Å². The van der Waals surface area contributed by atoms with Crippen molar-refractivity contribution >= 4 is 27.1 Å². The maximum absolute atomic E-state index is 12.7. The summed E-state index contributed by atoms with van der Waals surface area (Å²) >= 11 is 1.74. The Bertz CT molecular complexity index is 920. The van der Waals surface area contributed by atoms with E-state index in [2.05, 4.69) is 30.1 Å². The summed E-state index contributed by atoms with van der Waals surface area (Å²) in [6, 6.07) is 9.67. The summed E-state index contributed by atoms with van der Waals surface area (Å²) in [6.07, 6.45) is 0. The Labute approximate surface area is 165 Å². The molecule has 1 aliphatic heterocycles. The molecule has 0 saturated carbocycles. The van der Waals surface area contributed by atoms with Gasteiger partial charge in [0.15, 0.2) is 9.84 Å². The molecule has 2 aromatic rings. The molecule has 0 aliphatic carbocycles. The second-order valence-corrected chi connectivity index (χ2v) is 11.0. The van der Waals surface area contributed by atoms with E-state index in [-0.39, 0.29) is 23.5 Å². The first-order chi connectivity index (χ1) is 12.7. The van der Waals surface area contributed by atoms with Gasteiger partial charge in [0.1, 0.15) is 0 Å². The van der Waals surface area contributed by atoms with Crippen LogP contribution in [0.1, 0.15) is 44.2 Å². The number of rotatable bonds is 5. The van der Waals surface area contributed by atoms with Crippen molar-refractivity contribution in [1.82, 2.24) is 10.2 Å². The number of hydrogen-bond donors (Lipinski definition) is 1. The van der Waals surface area contributed by atoms with Gasteiger partial charge in [0, 0.05) is 35.0 Å². The molecule has 1 saturated heterocycles. The fourth-order valence-corrected chi connectivity index (χ4v) is 5.71.